The number of rotatable bonds is 5. The maximum atomic E-state index is 6.01. The Bertz CT molecular complexity index is 963. The number of guanidine groups is 1. The third kappa shape index (κ3) is 4.26. The number of fused-ring (bicyclic) bond motifs is 1. The van der Waals surface area contributed by atoms with Crippen molar-refractivity contribution in [2.24, 2.45) is 4.99 Å². The summed E-state index contributed by atoms with van der Waals surface area (Å²) in [4.78, 5) is 8.61. The third-order valence-corrected chi connectivity index (χ3v) is 4.63. The van der Waals surface area contributed by atoms with Crippen LogP contribution in [0.5, 0.6) is 5.75 Å². The zero-order chi connectivity index (χ0) is 19.3. The van der Waals surface area contributed by atoms with E-state index in [1.165, 1.54) is 5.56 Å². The maximum absolute atomic E-state index is 6.01. The molecule has 1 aliphatic heterocycles. The number of halogens is 1. The molecule has 1 unspecified atom stereocenters. The van der Waals surface area contributed by atoms with Crippen molar-refractivity contribution >= 4 is 17.6 Å². The molecular formula is C20H20ClN5O2. The van der Waals surface area contributed by atoms with Crippen LogP contribution in [0.25, 0.3) is 11.4 Å². The topological polar surface area (TPSA) is 84.6 Å². The molecule has 1 aliphatic rings. The van der Waals surface area contributed by atoms with E-state index in [1.54, 1.807) is 19.2 Å². The van der Waals surface area contributed by atoms with Gasteiger partial charge in [0.25, 0.3) is 0 Å². The average Bonchev–Trinajstić information content (AvgIpc) is 3.35. The van der Waals surface area contributed by atoms with E-state index in [2.05, 4.69) is 31.8 Å². The molecule has 0 saturated heterocycles. The van der Waals surface area contributed by atoms with Crippen molar-refractivity contribution in [2.75, 3.05) is 13.6 Å². The number of nitrogens with one attached hydrogen (secondary N) is 2. The number of aromatic nitrogens is 2. The molecule has 0 fully saturated rings. The van der Waals surface area contributed by atoms with E-state index in [9.17, 15) is 0 Å². The summed E-state index contributed by atoms with van der Waals surface area (Å²) in [6.07, 6.45) is 0.959. The monoisotopic (exact) mass is 397 g/mol. The summed E-state index contributed by atoms with van der Waals surface area (Å²) in [5.74, 6) is 2.56. The van der Waals surface area contributed by atoms with Crippen LogP contribution in [0, 0.1) is 0 Å². The number of nitrogens with zero attached hydrogens (tertiary/aromatic N) is 3. The van der Waals surface area contributed by atoms with Crippen molar-refractivity contribution in [2.45, 2.75) is 19.1 Å². The first kappa shape index (κ1) is 18.3. The molecule has 1 atom stereocenters. The van der Waals surface area contributed by atoms with E-state index in [-0.39, 0.29) is 6.10 Å². The second kappa shape index (κ2) is 8.31. The van der Waals surface area contributed by atoms with Crippen molar-refractivity contribution in [1.29, 1.82) is 0 Å². The van der Waals surface area contributed by atoms with Gasteiger partial charge < -0.3 is 19.9 Å². The van der Waals surface area contributed by atoms with E-state index >= 15 is 0 Å². The van der Waals surface area contributed by atoms with Crippen molar-refractivity contribution in [3.8, 4) is 17.1 Å². The lowest BCUT2D eigenvalue weighted by Crippen LogP contribution is -2.42. The number of ether oxygens (including phenoxy) is 1. The van der Waals surface area contributed by atoms with Crippen LogP contribution >= 0.6 is 11.6 Å². The number of para-hydroxylation sites is 1. The molecule has 0 radical (unpaired) electrons. The molecule has 8 heteroatoms. The fourth-order valence-corrected chi connectivity index (χ4v) is 3.22. The highest BCUT2D eigenvalue weighted by Gasteiger charge is 2.22. The van der Waals surface area contributed by atoms with Crippen LogP contribution in [0.4, 0.5) is 0 Å². The Hall–Kier alpha value is -3.06. The Morgan fingerprint density at radius 2 is 2.11 bits per heavy atom. The van der Waals surface area contributed by atoms with Crippen LogP contribution in [0.2, 0.25) is 5.02 Å². The molecule has 0 spiro atoms. The van der Waals surface area contributed by atoms with Gasteiger partial charge in [0.15, 0.2) is 5.96 Å². The van der Waals surface area contributed by atoms with Crippen molar-refractivity contribution in [3.63, 3.8) is 0 Å². The summed E-state index contributed by atoms with van der Waals surface area (Å²) in [7, 11) is 1.71. The fraction of sp³-hybridized carbons (Fsp3) is 0.250. The minimum Gasteiger partial charge on any atom is -0.488 e. The lowest BCUT2D eigenvalue weighted by Gasteiger charge is -2.14. The summed E-state index contributed by atoms with van der Waals surface area (Å²) >= 11 is 6.01. The van der Waals surface area contributed by atoms with E-state index < -0.39 is 0 Å². The standard InChI is InChI=1S/C20H20ClN5O2/c1-22-20(23-11-16-10-13-5-2-3-8-17(13)27-16)24-12-18-25-19(26-28-18)14-6-4-7-15(21)9-14/h2-9,16H,10-12H2,1H3,(H2,22,23,24). The molecular weight excluding hydrogens is 378 g/mol. The Morgan fingerprint density at radius 3 is 2.93 bits per heavy atom. The quantitative estimate of drug-likeness (QED) is 0.508. The molecule has 2 N–H and O–H groups in total. The average molecular weight is 398 g/mol. The van der Waals surface area contributed by atoms with Gasteiger partial charge in [-0.15, -0.1) is 0 Å². The van der Waals surface area contributed by atoms with Crippen LogP contribution in [-0.4, -0.2) is 35.8 Å². The van der Waals surface area contributed by atoms with Crippen molar-refractivity contribution < 1.29 is 9.26 Å². The van der Waals surface area contributed by atoms with E-state index in [4.69, 9.17) is 20.9 Å². The lowest BCUT2D eigenvalue weighted by atomic mass is 10.1. The summed E-state index contributed by atoms with van der Waals surface area (Å²) in [6, 6.07) is 15.4. The molecule has 0 saturated carbocycles. The highest BCUT2D eigenvalue weighted by molar-refractivity contribution is 6.30. The Labute approximate surface area is 167 Å². The molecule has 0 amide bonds. The number of hydrogen-bond acceptors (Lipinski definition) is 5. The Morgan fingerprint density at radius 1 is 1.21 bits per heavy atom. The molecule has 0 aliphatic carbocycles. The normalized spacial score (nSPS) is 15.8. The first-order chi connectivity index (χ1) is 13.7. The molecule has 7 nitrogen and oxygen atoms in total. The zero-order valence-corrected chi connectivity index (χ0v) is 16.1. The van der Waals surface area contributed by atoms with E-state index in [0.29, 0.717) is 35.8 Å². The number of benzene rings is 2. The van der Waals surface area contributed by atoms with Gasteiger partial charge in [0.2, 0.25) is 11.7 Å². The van der Waals surface area contributed by atoms with Gasteiger partial charge in [0.1, 0.15) is 11.9 Å². The van der Waals surface area contributed by atoms with Crippen LogP contribution < -0.4 is 15.4 Å². The van der Waals surface area contributed by atoms with Crippen LogP contribution in [0.1, 0.15) is 11.5 Å². The van der Waals surface area contributed by atoms with E-state index in [0.717, 1.165) is 17.7 Å². The molecule has 2 aromatic carbocycles. The van der Waals surface area contributed by atoms with Gasteiger partial charge in [0.05, 0.1) is 13.1 Å². The first-order valence-electron chi connectivity index (χ1n) is 8.99. The summed E-state index contributed by atoms with van der Waals surface area (Å²) in [6.45, 7) is 1.00. The Kier molecular flexibility index (Phi) is 5.43. The van der Waals surface area contributed by atoms with Crippen LogP contribution in [0.3, 0.4) is 0 Å². The largest absolute Gasteiger partial charge is 0.488 e. The molecule has 28 heavy (non-hydrogen) atoms. The van der Waals surface area contributed by atoms with Gasteiger partial charge in [-0.05, 0) is 23.8 Å². The second-order valence-corrected chi connectivity index (χ2v) is 6.82. The van der Waals surface area contributed by atoms with Gasteiger partial charge in [-0.25, -0.2) is 0 Å². The lowest BCUT2D eigenvalue weighted by molar-refractivity contribution is 0.235. The van der Waals surface area contributed by atoms with Gasteiger partial charge in [0, 0.05) is 24.1 Å². The van der Waals surface area contributed by atoms with Crippen molar-refractivity contribution in [3.05, 3.63) is 65.0 Å². The van der Waals surface area contributed by atoms with Gasteiger partial charge in [-0.3, -0.25) is 4.99 Å². The molecule has 144 valence electrons. The maximum Gasteiger partial charge on any atom is 0.246 e. The third-order valence-electron chi connectivity index (χ3n) is 4.39. The minimum absolute atomic E-state index is 0.0776. The van der Waals surface area contributed by atoms with Crippen LogP contribution in [0.15, 0.2) is 58.0 Å². The highest BCUT2D eigenvalue weighted by Crippen LogP contribution is 2.27. The molecule has 1 aromatic heterocycles. The van der Waals surface area contributed by atoms with E-state index in [1.807, 2.05) is 30.3 Å². The predicted octanol–water partition coefficient (Wildman–Crippen LogP) is 3.06. The molecule has 0 bridgehead atoms. The summed E-state index contributed by atoms with van der Waals surface area (Å²) in [5.41, 5.74) is 2.04. The highest BCUT2D eigenvalue weighted by atomic mass is 35.5. The van der Waals surface area contributed by atoms with Gasteiger partial charge in [-0.1, -0.05) is 47.1 Å². The zero-order valence-electron chi connectivity index (χ0n) is 15.4. The first-order valence-corrected chi connectivity index (χ1v) is 9.36. The summed E-state index contributed by atoms with van der Waals surface area (Å²) < 4.78 is 11.2. The second-order valence-electron chi connectivity index (χ2n) is 6.38. The van der Waals surface area contributed by atoms with Crippen molar-refractivity contribution in [1.82, 2.24) is 20.8 Å². The SMILES string of the molecule is CN=C(NCc1nc(-c2cccc(Cl)c2)no1)NCC1Cc2ccccc2O1. The smallest absolute Gasteiger partial charge is 0.246 e. The predicted molar refractivity (Wildman–Crippen MR) is 108 cm³/mol. The summed E-state index contributed by atoms with van der Waals surface area (Å²) in [5, 5.41) is 11.1. The number of hydrogen-bond donors (Lipinski definition) is 2. The van der Waals surface area contributed by atoms with Crippen LogP contribution in [-0.2, 0) is 13.0 Å². The minimum atomic E-state index is 0.0776. The van der Waals surface area contributed by atoms with Gasteiger partial charge in [-0.2, -0.15) is 4.98 Å². The van der Waals surface area contributed by atoms with Gasteiger partial charge >= 0.3 is 0 Å². The fourth-order valence-electron chi connectivity index (χ4n) is 3.03. The Balaban J connectivity index is 1.28. The molecule has 2 heterocycles. The molecule has 4 rings (SSSR count). The molecule has 3 aromatic rings. The number of aliphatic imine (C=N–C) groups is 1.